The van der Waals surface area contributed by atoms with Gasteiger partial charge in [-0.05, 0) is 35.1 Å². The standard InChI is InChI=1S/C33H43N5O9S/c34-26(30(41)37-27(18-46-20-39)31(42)38-28(19-48)32(43)44)16-36-29(40)14-4-2-1-3-9-15-35-33(45)47-17-25-23-12-7-5-10-21(23)22-11-6-8-13-24(22)25/h5-8,10-13,20,25-28,48H,1-4,9,14-19,34H2,(H,35,45)(H,36,40)(H,37,41)(H,38,42)(H,43,44). The van der Waals surface area contributed by atoms with E-state index < -0.39 is 48.6 Å². The molecule has 0 heterocycles. The Morgan fingerprint density at radius 1 is 0.854 bits per heavy atom. The van der Waals surface area contributed by atoms with Gasteiger partial charge in [-0.15, -0.1) is 0 Å². The summed E-state index contributed by atoms with van der Waals surface area (Å²) >= 11 is 3.86. The maximum atomic E-state index is 12.5. The van der Waals surface area contributed by atoms with Crippen LogP contribution in [0.15, 0.2) is 48.5 Å². The second-order valence-electron chi connectivity index (χ2n) is 11.3. The minimum Gasteiger partial charge on any atom is -0.480 e. The molecule has 260 valence electrons. The lowest BCUT2D eigenvalue weighted by Crippen LogP contribution is -2.57. The highest BCUT2D eigenvalue weighted by atomic mass is 32.1. The van der Waals surface area contributed by atoms with Crippen molar-refractivity contribution in [3.63, 3.8) is 0 Å². The van der Waals surface area contributed by atoms with E-state index in [1.54, 1.807) is 0 Å². The van der Waals surface area contributed by atoms with Crippen molar-refractivity contribution in [1.29, 1.82) is 0 Å². The highest BCUT2D eigenvalue weighted by molar-refractivity contribution is 7.80. The fourth-order valence-electron chi connectivity index (χ4n) is 5.24. The number of nitrogens with two attached hydrogens (primary N) is 1. The zero-order valence-electron chi connectivity index (χ0n) is 26.5. The molecule has 14 nitrogen and oxygen atoms in total. The van der Waals surface area contributed by atoms with Crippen molar-refractivity contribution in [2.45, 2.75) is 62.6 Å². The Morgan fingerprint density at radius 3 is 2.08 bits per heavy atom. The van der Waals surface area contributed by atoms with E-state index in [1.807, 2.05) is 24.3 Å². The molecular weight excluding hydrogens is 642 g/mol. The molecule has 0 aromatic heterocycles. The van der Waals surface area contributed by atoms with Crippen LogP contribution in [0.25, 0.3) is 11.1 Å². The molecule has 7 N–H and O–H groups in total. The number of fused-ring (bicyclic) bond motifs is 3. The molecule has 0 radical (unpaired) electrons. The number of aliphatic carboxylic acids is 1. The maximum Gasteiger partial charge on any atom is 0.407 e. The predicted molar refractivity (Wildman–Crippen MR) is 179 cm³/mol. The normalized spacial score (nSPS) is 13.5. The summed E-state index contributed by atoms with van der Waals surface area (Å²) in [6.45, 7) is 0.0611. The molecule has 48 heavy (non-hydrogen) atoms. The first-order chi connectivity index (χ1) is 23.2. The summed E-state index contributed by atoms with van der Waals surface area (Å²) in [7, 11) is 0. The Labute approximate surface area is 284 Å². The van der Waals surface area contributed by atoms with Crippen LogP contribution in [0, 0.1) is 0 Å². The summed E-state index contributed by atoms with van der Waals surface area (Å²) in [4.78, 5) is 71.1. The summed E-state index contributed by atoms with van der Waals surface area (Å²) < 4.78 is 10.1. The van der Waals surface area contributed by atoms with Gasteiger partial charge in [0.25, 0.3) is 6.47 Å². The number of hydrogen-bond donors (Lipinski definition) is 7. The molecule has 15 heteroatoms. The van der Waals surface area contributed by atoms with Crippen LogP contribution >= 0.6 is 12.6 Å². The largest absolute Gasteiger partial charge is 0.480 e. The van der Waals surface area contributed by atoms with Gasteiger partial charge in [0.05, 0.1) is 0 Å². The molecule has 1 aliphatic rings. The quantitative estimate of drug-likeness (QED) is 0.0571. The summed E-state index contributed by atoms with van der Waals surface area (Å²) in [5, 5.41) is 18.9. The number of carbonyl (C=O) groups excluding carboxylic acids is 5. The van der Waals surface area contributed by atoms with Crippen LogP contribution in [0.5, 0.6) is 0 Å². The van der Waals surface area contributed by atoms with E-state index in [0.717, 1.165) is 36.8 Å². The molecule has 3 atom stereocenters. The number of rotatable bonds is 21. The number of thiol groups is 1. The number of carboxylic acid groups (broad SMARTS) is 1. The summed E-state index contributed by atoms with van der Waals surface area (Å²) in [6, 6.07) is 12.4. The third kappa shape index (κ3) is 11.6. The number of benzene rings is 2. The van der Waals surface area contributed by atoms with E-state index in [9.17, 15) is 28.8 Å². The second-order valence-corrected chi connectivity index (χ2v) is 11.6. The van der Waals surface area contributed by atoms with Gasteiger partial charge in [-0.3, -0.25) is 19.2 Å². The van der Waals surface area contributed by atoms with Crippen LogP contribution in [0.1, 0.15) is 55.6 Å². The number of ether oxygens (including phenoxy) is 2. The van der Waals surface area contributed by atoms with E-state index in [4.69, 9.17) is 15.6 Å². The van der Waals surface area contributed by atoms with Gasteiger partial charge in [-0.2, -0.15) is 12.6 Å². The molecule has 0 spiro atoms. The van der Waals surface area contributed by atoms with Crippen LogP contribution in [-0.4, -0.2) is 91.5 Å². The molecule has 0 aliphatic heterocycles. The maximum absolute atomic E-state index is 12.5. The first kappa shape index (κ1) is 37.8. The number of carboxylic acids is 1. The SMILES string of the molecule is NC(CNC(=O)CCCCCCCNC(=O)OCC1c2ccccc2-c2ccccc21)C(=O)NC(COC=O)C(=O)NC(CS)C(=O)O. The van der Waals surface area contributed by atoms with Crippen LogP contribution in [0.2, 0.25) is 0 Å². The van der Waals surface area contributed by atoms with Gasteiger partial charge in [0.15, 0.2) is 0 Å². The van der Waals surface area contributed by atoms with Crippen LogP contribution in [0.4, 0.5) is 4.79 Å². The number of alkyl carbamates (subject to hydrolysis) is 1. The van der Waals surface area contributed by atoms with E-state index in [2.05, 4.69) is 62.9 Å². The van der Waals surface area contributed by atoms with Gasteiger partial charge < -0.3 is 41.6 Å². The lowest BCUT2D eigenvalue weighted by molar-refractivity contribution is -0.142. The van der Waals surface area contributed by atoms with Crippen molar-refractivity contribution in [1.82, 2.24) is 21.3 Å². The van der Waals surface area contributed by atoms with E-state index >= 15 is 0 Å². The number of amides is 4. The Morgan fingerprint density at radius 2 is 1.46 bits per heavy atom. The molecule has 2 aromatic rings. The minimum absolute atomic E-state index is 0.00602. The predicted octanol–water partition coefficient (Wildman–Crippen LogP) is 1.47. The van der Waals surface area contributed by atoms with Crippen LogP contribution in [-0.2, 0) is 33.4 Å². The molecule has 0 saturated carbocycles. The zero-order valence-corrected chi connectivity index (χ0v) is 27.4. The molecule has 0 bridgehead atoms. The monoisotopic (exact) mass is 685 g/mol. The second kappa shape index (κ2) is 19.9. The molecule has 3 unspecified atom stereocenters. The first-order valence-corrected chi connectivity index (χ1v) is 16.4. The molecule has 4 amide bonds. The number of carbonyl (C=O) groups is 6. The molecular formula is C33H43N5O9S. The van der Waals surface area contributed by atoms with Crippen LogP contribution in [0.3, 0.4) is 0 Å². The van der Waals surface area contributed by atoms with Crippen molar-refractivity contribution in [3.8, 4) is 11.1 Å². The van der Waals surface area contributed by atoms with Crippen molar-refractivity contribution >= 4 is 48.9 Å². The topological polar surface area (TPSA) is 215 Å². The van der Waals surface area contributed by atoms with Crippen molar-refractivity contribution in [2.24, 2.45) is 5.73 Å². The third-order valence-corrected chi connectivity index (χ3v) is 8.18. The summed E-state index contributed by atoms with van der Waals surface area (Å²) in [5.74, 6) is -3.55. The van der Waals surface area contributed by atoms with Crippen molar-refractivity contribution in [3.05, 3.63) is 59.7 Å². The fraction of sp³-hybridized carbons (Fsp3) is 0.455. The average Bonchev–Trinajstić information content (AvgIpc) is 3.41. The molecule has 3 rings (SSSR count). The fourth-order valence-corrected chi connectivity index (χ4v) is 5.49. The van der Waals surface area contributed by atoms with Gasteiger partial charge in [0.1, 0.15) is 31.3 Å². The highest BCUT2D eigenvalue weighted by Crippen LogP contribution is 2.44. The molecule has 1 aliphatic carbocycles. The minimum atomic E-state index is -1.40. The summed E-state index contributed by atoms with van der Waals surface area (Å²) in [6.07, 6.45) is 3.68. The highest BCUT2D eigenvalue weighted by Gasteiger charge is 2.30. The first-order valence-electron chi connectivity index (χ1n) is 15.8. The van der Waals surface area contributed by atoms with Gasteiger partial charge in [-0.25, -0.2) is 9.59 Å². The smallest absolute Gasteiger partial charge is 0.407 e. The Kier molecular flexibility index (Phi) is 15.7. The van der Waals surface area contributed by atoms with E-state index in [1.165, 1.54) is 11.1 Å². The lowest BCUT2D eigenvalue weighted by Gasteiger charge is -2.21. The Balaban J connectivity index is 1.24. The number of nitrogens with one attached hydrogen (secondary N) is 4. The van der Waals surface area contributed by atoms with Gasteiger partial charge in [-0.1, -0.05) is 67.8 Å². The van der Waals surface area contributed by atoms with Gasteiger partial charge >= 0.3 is 12.1 Å². The number of hydrogen-bond acceptors (Lipinski definition) is 10. The molecule has 0 fully saturated rings. The Hall–Kier alpha value is -4.63. The van der Waals surface area contributed by atoms with Crippen molar-refractivity contribution in [2.75, 3.05) is 32.1 Å². The lowest BCUT2D eigenvalue weighted by atomic mass is 9.98. The number of unbranched alkanes of at least 4 members (excludes halogenated alkanes) is 4. The van der Waals surface area contributed by atoms with Gasteiger partial charge in [0.2, 0.25) is 17.7 Å². The van der Waals surface area contributed by atoms with E-state index in [0.29, 0.717) is 13.0 Å². The Bertz CT molecular complexity index is 1380. The van der Waals surface area contributed by atoms with Crippen LogP contribution < -0.4 is 27.0 Å². The summed E-state index contributed by atoms with van der Waals surface area (Å²) in [5.41, 5.74) is 10.5. The third-order valence-electron chi connectivity index (χ3n) is 7.81. The van der Waals surface area contributed by atoms with Crippen molar-refractivity contribution < 1.29 is 43.3 Å². The average molecular weight is 686 g/mol. The van der Waals surface area contributed by atoms with Gasteiger partial charge in [0, 0.05) is 31.2 Å². The molecule has 0 saturated heterocycles. The van der Waals surface area contributed by atoms with E-state index in [-0.39, 0.29) is 43.6 Å². The zero-order chi connectivity index (χ0) is 34.9. The molecule has 2 aromatic carbocycles.